The van der Waals surface area contributed by atoms with Crippen molar-refractivity contribution in [1.29, 1.82) is 0 Å². The lowest BCUT2D eigenvalue weighted by atomic mass is 10.0. The van der Waals surface area contributed by atoms with Crippen LogP contribution in [0.2, 0.25) is 0 Å². The summed E-state index contributed by atoms with van der Waals surface area (Å²) < 4.78 is 0. The second kappa shape index (κ2) is 5.37. The SMILES string of the molecule is Oc1cc(CCc2ccc3ccccc3c2)cc(O)c1O. The van der Waals surface area contributed by atoms with Crippen molar-refractivity contribution in [3.63, 3.8) is 0 Å². The highest BCUT2D eigenvalue weighted by Gasteiger charge is 2.08. The van der Waals surface area contributed by atoms with E-state index in [4.69, 9.17) is 0 Å². The smallest absolute Gasteiger partial charge is 0.200 e. The third-order valence-corrected chi connectivity index (χ3v) is 3.65. The van der Waals surface area contributed by atoms with Crippen LogP contribution in [0.4, 0.5) is 0 Å². The van der Waals surface area contributed by atoms with Gasteiger partial charge in [0.1, 0.15) is 0 Å². The molecule has 0 bridgehead atoms. The van der Waals surface area contributed by atoms with Gasteiger partial charge in [0.15, 0.2) is 17.2 Å². The Labute approximate surface area is 122 Å². The van der Waals surface area contributed by atoms with E-state index in [1.165, 1.54) is 28.5 Å². The van der Waals surface area contributed by atoms with Gasteiger partial charge in [-0.3, -0.25) is 0 Å². The lowest BCUT2D eigenvalue weighted by molar-refractivity contribution is 0.367. The third kappa shape index (κ3) is 2.77. The van der Waals surface area contributed by atoms with E-state index in [1.54, 1.807) is 0 Å². The maximum absolute atomic E-state index is 9.51. The summed E-state index contributed by atoms with van der Waals surface area (Å²) in [6.07, 6.45) is 1.48. The van der Waals surface area contributed by atoms with Gasteiger partial charge in [-0.1, -0.05) is 42.5 Å². The van der Waals surface area contributed by atoms with Gasteiger partial charge in [0, 0.05) is 0 Å². The number of hydrogen-bond donors (Lipinski definition) is 3. The van der Waals surface area contributed by atoms with Gasteiger partial charge in [0.2, 0.25) is 0 Å². The monoisotopic (exact) mass is 280 g/mol. The number of aryl methyl sites for hydroxylation is 2. The Bertz CT molecular complexity index is 770. The summed E-state index contributed by atoms with van der Waals surface area (Å²) in [7, 11) is 0. The summed E-state index contributed by atoms with van der Waals surface area (Å²) in [5.74, 6) is -1.04. The first kappa shape index (κ1) is 13.3. The fourth-order valence-corrected chi connectivity index (χ4v) is 2.49. The lowest BCUT2D eigenvalue weighted by Crippen LogP contribution is -1.91. The number of benzene rings is 3. The first-order chi connectivity index (χ1) is 10.1. The molecule has 0 radical (unpaired) electrons. The minimum Gasteiger partial charge on any atom is -0.504 e. The minimum absolute atomic E-state index is 0.288. The molecular formula is C18H16O3. The number of aromatic hydroxyl groups is 3. The van der Waals surface area contributed by atoms with E-state index in [0.29, 0.717) is 6.42 Å². The summed E-state index contributed by atoms with van der Waals surface area (Å²) in [4.78, 5) is 0. The molecule has 0 spiro atoms. The van der Waals surface area contributed by atoms with Gasteiger partial charge in [-0.15, -0.1) is 0 Å². The van der Waals surface area contributed by atoms with Crippen LogP contribution in [-0.2, 0) is 12.8 Å². The molecule has 3 aromatic carbocycles. The number of hydrogen-bond acceptors (Lipinski definition) is 3. The Morgan fingerprint density at radius 2 is 1.24 bits per heavy atom. The summed E-state index contributed by atoms with van der Waals surface area (Å²) in [5.41, 5.74) is 1.98. The molecule has 0 atom stereocenters. The molecule has 0 fully saturated rings. The van der Waals surface area contributed by atoms with E-state index in [0.717, 1.165) is 12.0 Å². The zero-order valence-electron chi connectivity index (χ0n) is 11.5. The van der Waals surface area contributed by atoms with Crippen LogP contribution in [0.15, 0.2) is 54.6 Å². The first-order valence-corrected chi connectivity index (χ1v) is 6.85. The van der Waals surface area contributed by atoms with E-state index in [9.17, 15) is 15.3 Å². The summed E-state index contributed by atoms with van der Waals surface area (Å²) >= 11 is 0. The molecule has 0 aliphatic rings. The molecule has 0 saturated carbocycles. The van der Waals surface area contributed by atoms with Gasteiger partial charge in [0.25, 0.3) is 0 Å². The zero-order chi connectivity index (χ0) is 14.8. The predicted molar refractivity (Wildman–Crippen MR) is 82.8 cm³/mol. The van der Waals surface area contributed by atoms with Crippen LogP contribution in [0, 0.1) is 0 Å². The van der Waals surface area contributed by atoms with Crippen molar-refractivity contribution in [2.75, 3.05) is 0 Å². The molecule has 0 unspecified atom stereocenters. The van der Waals surface area contributed by atoms with E-state index < -0.39 is 5.75 Å². The normalized spacial score (nSPS) is 10.9. The van der Waals surface area contributed by atoms with E-state index in [1.807, 2.05) is 12.1 Å². The number of phenols is 3. The van der Waals surface area contributed by atoms with Crippen LogP contribution < -0.4 is 0 Å². The number of fused-ring (bicyclic) bond motifs is 1. The summed E-state index contributed by atoms with van der Waals surface area (Å²) in [6, 6.07) is 17.5. The highest BCUT2D eigenvalue weighted by Crippen LogP contribution is 2.35. The Hall–Kier alpha value is -2.68. The van der Waals surface area contributed by atoms with Crippen molar-refractivity contribution in [3.05, 3.63) is 65.7 Å². The van der Waals surface area contributed by atoms with Gasteiger partial charge in [-0.05, 0) is 46.9 Å². The molecule has 3 aromatic rings. The molecule has 0 aliphatic carbocycles. The number of rotatable bonds is 3. The topological polar surface area (TPSA) is 60.7 Å². The fraction of sp³-hybridized carbons (Fsp3) is 0.111. The Balaban J connectivity index is 1.80. The van der Waals surface area contributed by atoms with Crippen molar-refractivity contribution in [3.8, 4) is 17.2 Å². The van der Waals surface area contributed by atoms with Crippen LogP contribution >= 0.6 is 0 Å². The Morgan fingerprint density at radius 1 is 0.619 bits per heavy atom. The maximum Gasteiger partial charge on any atom is 0.200 e. The molecule has 3 rings (SSSR count). The molecule has 3 N–H and O–H groups in total. The predicted octanol–water partition coefficient (Wildman–Crippen LogP) is 3.74. The first-order valence-electron chi connectivity index (χ1n) is 6.85. The largest absolute Gasteiger partial charge is 0.504 e. The maximum atomic E-state index is 9.51. The zero-order valence-corrected chi connectivity index (χ0v) is 11.5. The minimum atomic E-state index is -0.468. The van der Waals surface area contributed by atoms with Gasteiger partial charge < -0.3 is 15.3 Å². The van der Waals surface area contributed by atoms with Gasteiger partial charge in [-0.2, -0.15) is 0 Å². The fourth-order valence-electron chi connectivity index (χ4n) is 2.49. The molecule has 3 heteroatoms. The van der Waals surface area contributed by atoms with Gasteiger partial charge >= 0.3 is 0 Å². The van der Waals surface area contributed by atoms with Crippen molar-refractivity contribution in [1.82, 2.24) is 0 Å². The quantitative estimate of drug-likeness (QED) is 0.640. The van der Waals surface area contributed by atoms with Crippen LogP contribution in [0.1, 0.15) is 11.1 Å². The average molecular weight is 280 g/mol. The Kier molecular flexibility index (Phi) is 3.40. The van der Waals surface area contributed by atoms with Gasteiger partial charge in [0.05, 0.1) is 0 Å². The molecule has 0 heterocycles. The van der Waals surface area contributed by atoms with Crippen LogP contribution in [0.5, 0.6) is 17.2 Å². The molecule has 21 heavy (non-hydrogen) atoms. The van der Waals surface area contributed by atoms with Crippen LogP contribution in [-0.4, -0.2) is 15.3 Å². The second-order valence-electron chi connectivity index (χ2n) is 5.16. The van der Waals surface area contributed by atoms with Crippen LogP contribution in [0.25, 0.3) is 10.8 Å². The molecular weight excluding hydrogens is 264 g/mol. The van der Waals surface area contributed by atoms with E-state index >= 15 is 0 Å². The van der Waals surface area contributed by atoms with Crippen molar-refractivity contribution in [2.45, 2.75) is 12.8 Å². The van der Waals surface area contributed by atoms with E-state index in [2.05, 4.69) is 30.3 Å². The third-order valence-electron chi connectivity index (χ3n) is 3.65. The molecule has 0 saturated heterocycles. The standard InChI is InChI=1S/C18H16O3/c19-16-10-13(11-17(20)18(16)21)6-5-12-7-8-14-3-1-2-4-15(14)9-12/h1-4,7-11,19-21H,5-6H2. The number of phenolic OH excluding ortho intramolecular Hbond substituents is 3. The molecule has 0 aliphatic heterocycles. The second-order valence-corrected chi connectivity index (χ2v) is 5.16. The lowest BCUT2D eigenvalue weighted by Gasteiger charge is -2.07. The Morgan fingerprint density at radius 3 is 1.95 bits per heavy atom. The molecule has 0 amide bonds. The van der Waals surface area contributed by atoms with Gasteiger partial charge in [-0.25, -0.2) is 0 Å². The molecule has 106 valence electrons. The highest BCUT2D eigenvalue weighted by atomic mass is 16.3. The molecule has 3 nitrogen and oxygen atoms in total. The van der Waals surface area contributed by atoms with Crippen molar-refractivity contribution in [2.24, 2.45) is 0 Å². The van der Waals surface area contributed by atoms with Crippen molar-refractivity contribution < 1.29 is 15.3 Å². The van der Waals surface area contributed by atoms with E-state index in [-0.39, 0.29) is 11.5 Å². The van der Waals surface area contributed by atoms with Crippen LogP contribution in [0.3, 0.4) is 0 Å². The summed E-state index contributed by atoms with van der Waals surface area (Å²) in [6.45, 7) is 0. The van der Waals surface area contributed by atoms with Crippen molar-refractivity contribution >= 4 is 10.8 Å². The highest BCUT2D eigenvalue weighted by molar-refractivity contribution is 5.83. The average Bonchev–Trinajstić information content (AvgIpc) is 2.50. The molecule has 0 aromatic heterocycles. The summed E-state index contributed by atoms with van der Waals surface area (Å²) in [5, 5.41) is 30.8.